The van der Waals surface area contributed by atoms with Gasteiger partial charge in [-0.25, -0.2) is 4.98 Å². The summed E-state index contributed by atoms with van der Waals surface area (Å²) in [6.07, 6.45) is 1.58. The number of hydrogen-bond acceptors (Lipinski definition) is 4. The first kappa shape index (κ1) is 15.6. The topological polar surface area (TPSA) is 53.5 Å². The smallest absolute Gasteiger partial charge is 0.273 e. The van der Waals surface area contributed by atoms with Crippen LogP contribution >= 0.6 is 23.4 Å². The van der Waals surface area contributed by atoms with Gasteiger partial charge < -0.3 is 9.80 Å². The van der Waals surface area contributed by atoms with Crippen molar-refractivity contribution in [3.8, 4) is 0 Å². The lowest BCUT2D eigenvalue weighted by Gasteiger charge is -2.32. The molecule has 0 aromatic carbocycles. The van der Waals surface area contributed by atoms with Crippen molar-refractivity contribution >= 4 is 35.2 Å². The lowest BCUT2D eigenvalue weighted by Crippen LogP contribution is -2.50. The highest BCUT2D eigenvalue weighted by molar-refractivity contribution is 7.99. The Morgan fingerprint density at radius 3 is 2.73 bits per heavy atom. The van der Waals surface area contributed by atoms with E-state index in [1.54, 1.807) is 23.1 Å². The molecule has 1 aromatic heterocycles. The highest BCUT2D eigenvalue weighted by Crippen LogP contribution is 2.23. The third-order valence-corrected chi connectivity index (χ3v) is 5.21. The number of halogens is 1. The van der Waals surface area contributed by atoms with Gasteiger partial charge in [0, 0.05) is 31.1 Å². The monoisotopic (exact) mass is 339 g/mol. The number of nitrogens with zero attached hydrogens (tertiary/aromatic N) is 3. The summed E-state index contributed by atoms with van der Waals surface area (Å²) in [4.78, 5) is 32.9. The molecule has 0 unspecified atom stereocenters. The Labute approximate surface area is 139 Å². The van der Waals surface area contributed by atoms with E-state index in [1.165, 1.54) is 0 Å². The van der Waals surface area contributed by atoms with E-state index in [0.717, 1.165) is 37.4 Å². The van der Waals surface area contributed by atoms with Crippen LogP contribution < -0.4 is 0 Å². The van der Waals surface area contributed by atoms with Gasteiger partial charge in [0.05, 0.1) is 0 Å². The van der Waals surface area contributed by atoms with Gasteiger partial charge in [-0.05, 0) is 25.0 Å². The maximum Gasteiger partial charge on any atom is 0.273 e. The van der Waals surface area contributed by atoms with Crippen LogP contribution in [0, 0.1) is 0 Å². The maximum atomic E-state index is 12.7. The quantitative estimate of drug-likeness (QED) is 0.772. The van der Waals surface area contributed by atoms with E-state index in [9.17, 15) is 9.59 Å². The first-order valence-electron chi connectivity index (χ1n) is 7.47. The molecule has 3 heterocycles. The second-order valence-electron chi connectivity index (χ2n) is 5.44. The molecule has 22 heavy (non-hydrogen) atoms. The van der Waals surface area contributed by atoms with Crippen LogP contribution in [0.3, 0.4) is 0 Å². The maximum absolute atomic E-state index is 12.7. The van der Waals surface area contributed by atoms with Crippen LogP contribution in [0.15, 0.2) is 18.2 Å². The summed E-state index contributed by atoms with van der Waals surface area (Å²) >= 11 is 7.72. The minimum absolute atomic E-state index is 0.0770. The molecule has 118 valence electrons. The lowest BCUT2D eigenvalue weighted by molar-refractivity contribution is -0.134. The molecule has 0 saturated carbocycles. The van der Waals surface area contributed by atoms with Crippen LogP contribution in [-0.4, -0.2) is 63.8 Å². The number of thioether (sulfide) groups is 1. The third kappa shape index (κ3) is 3.22. The van der Waals surface area contributed by atoms with Gasteiger partial charge in [-0.1, -0.05) is 17.7 Å². The molecule has 0 spiro atoms. The normalized spacial score (nSPS) is 22.0. The van der Waals surface area contributed by atoms with E-state index >= 15 is 0 Å². The van der Waals surface area contributed by atoms with Gasteiger partial charge in [0.1, 0.15) is 16.9 Å². The molecule has 0 bridgehead atoms. The van der Waals surface area contributed by atoms with Gasteiger partial charge >= 0.3 is 0 Å². The highest BCUT2D eigenvalue weighted by atomic mass is 35.5. The Kier molecular flexibility index (Phi) is 4.88. The molecule has 2 aliphatic heterocycles. The Morgan fingerprint density at radius 2 is 2.00 bits per heavy atom. The number of pyridine rings is 1. The van der Waals surface area contributed by atoms with Crippen molar-refractivity contribution in [1.82, 2.24) is 14.8 Å². The highest BCUT2D eigenvalue weighted by Gasteiger charge is 2.37. The van der Waals surface area contributed by atoms with Crippen molar-refractivity contribution in [2.75, 3.05) is 31.1 Å². The molecule has 2 aliphatic rings. The summed E-state index contributed by atoms with van der Waals surface area (Å²) in [5, 5.41) is 0.293. The molecular formula is C15H18ClN3O2S. The molecule has 0 radical (unpaired) electrons. The van der Waals surface area contributed by atoms with Crippen LogP contribution in [-0.2, 0) is 4.79 Å². The largest absolute Gasteiger partial charge is 0.339 e. The van der Waals surface area contributed by atoms with E-state index in [4.69, 9.17) is 11.6 Å². The SMILES string of the molecule is O=C([C@H]1CCCN1C(=O)c1cccc(Cl)n1)N1CCSCC1. The average molecular weight is 340 g/mol. The molecule has 2 fully saturated rings. The Bertz CT molecular complexity index is 578. The zero-order valence-electron chi connectivity index (χ0n) is 12.2. The van der Waals surface area contributed by atoms with Gasteiger partial charge in [0.15, 0.2) is 0 Å². The fraction of sp³-hybridized carbons (Fsp3) is 0.533. The Hall–Kier alpha value is -1.27. The second-order valence-corrected chi connectivity index (χ2v) is 7.05. The van der Waals surface area contributed by atoms with Crippen LogP contribution in [0.1, 0.15) is 23.3 Å². The molecule has 1 atom stereocenters. The molecular weight excluding hydrogens is 322 g/mol. The lowest BCUT2D eigenvalue weighted by atomic mass is 10.1. The average Bonchev–Trinajstić information content (AvgIpc) is 3.04. The zero-order valence-corrected chi connectivity index (χ0v) is 13.8. The number of carbonyl (C=O) groups is 2. The molecule has 2 amide bonds. The number of carbonyl (C=O) groups excluding carboxylic acids is 2. The molecule has 0 aliphatic carbocycles. The number of likely N-dealkylation sites (tertiary alicyclic amines) is 1. The second kappa shape index (κ2) is 6.87. The van der Waals surface area contributed by atoms with Crippen molar-refractivity contribution in [2.24, 2.45) is 0 Å². The summed E-state index contributed by atoms with van der Waals surface area (Å²) in [6, 6.07) is 4.63. The number of rotatable bonds is 2. The molecule has 0 N–H and O–H groups in total. The fourth-order valence-electron chi connectivity index (χ4n) is 2.94. The summed E-state index contributed by atoms with van der Waals surface area (Å²) in [5.41, 5.74) is 0.307. The van der Waals surface area contributed by atoms with Crippen molar-refractivity contribution in [1.29, 1.82) is 0 Å². The fourth-order valence-corrected chi connectivity index (χ4v) is 4.00. The van der Waals surface area contributed by atoms with Gasteiger partial charge in [-0.3, -0.25) is 9.59 Å². The van der Waals surface area contributed by atoms with E-state index in [1.807, 2.05) is 16.7 Å². The van der Waals surface area contributed by atoms with Gasteiger partial charge in [-0.2, -0.15) is 11.8 Å². The van der Waals surface area contributed by atoms with Crippen molar-refractivity contribution in [2.45, 2.75) is 18.9 Å². The summed E-state index contributed by atoms with van der Waals surface area (Å²) in [5.74, 6) is 1.82. The summed E-state index contributed by atoms with van der Waals surface area (Å²) in [6.45, 7) is 2.15. The first-order chi connectivity index (χ1) is 10.7. The number of hydrogen-bond donors (Lipinski definition) is 0. The standard InChI is InChI=1S/C15H18ClN3O2S/c16-13-5-1-3-11(17-13)14(20)19-6-2-4-12(19)15(21)18-7-9-22-10-8-18/h1,3,5,12H,2,4,6-10H2/t12-/m1/s1. The van der Waals surface area contributed by atoms with Crippen LogP contribution in [0.25, 0.3) is 0 Å². The van der Waals surface area contributed by atoms with Crippen molar-refractivity contribution in [3.63, 3.8) is 0 Å². The Morgan fingerprint density at radius 1 is 1.23 bits per heavy atom. The van der Waals surface area contributed by atoms with E-state index in [0.29, 0.717) is 17.4 Å². The van der Waals surface area contributed by atoms with Gasteiger partial charge in [0.2, 0.25) is 5.91 Å². The molecule has 1 aromatic rings. The van der Waals surface area contributed by atoms with Gasteiger partial charge in [-0.15, -0.1) is 0 Å². The van der Waals surface area contributed by atoms with Crippen LogP contribution in [0.4, 0.5) is 0 Å². The predicted molar refractivity (Wildman–Crippen MR) is 87.2 cm³/mol. The minimum Gasteiger partial charge on any atom is -0.339 e. The third-order valence-electron chi connectivity index (χ3n) is 4.06. The molecule has 2 saturated heterocycles. The summed E-state index contributed by atoms with van der Waals surface area (Å²) in [7, 11) is 0. The molecule has 5 nitrogen and oxygen atoms in total. The van der Waals surface area contributed by atoms with E-state index in [-0.39, 0.29) is 17.9 Å². The van der Waals surface area contributed by atoms with Crippen LogP contribution in [0.5, 0.6) is 0 Å². The van der Waals surface area contributed by atoms with Crippen molar-refractivity contribution in [3.05, 3.63) is 29.0 Å². The zero-order chi connectivity index (χ0) is 15.5. The van der Waals surface area contributed by atoms with Gasteiger partial charge in [0.25, 0.3) is 5.91 Å². The number of amides is 2. The summed E-state index contributed by atoms with van der Waals surface area (Å²) < 4.78 is 0. The number of aromatic nitrogens is 1. The Balaban J connectivity index is 1.75. The van der Waals surface area contributed by atoms with Crippen LogP contribution in [0.2, 0.25) is 5.15 Å². The minimum atomic E-state index is -0.351. The first-order valence-corrected chi connectivity index (χ1v) is 9.00. The molecule has 7 heteroatoms. The van der Waals surface area contributed by atoms with E-state index in [2.05, 4.69) is 4.98 Å². The predicted octanol–water partition coefficient (Wildman–Crippen LogP) is 1.92. The molecule has 3 rings (SSSR count). The van der Waals surface area contributed by atoms with Crippen molar-refractivity contribution < 1.29 is 9.59 Å². The van der Waals surface area contributed by atoms with E-state index < -0.39 is 0 Å².